The van der Waals surface area contributed by atoms with Crippen molar-refractivity contribution in [2.45, 2.75) is 24.2 Å². The van der Waals surface area contributed by atoms with E-state index in [0.717, 1.165) is 12.7 Å². The Morgan fingerprint density at radius 2 is 1.62 bits per heavy atom. The van der Waals surface area contributed by atoms with E-state index in [1.807, 2.05) is 30.3 Å². The molecule has 0 aromatic heterocycles. The van der Waals surface area contributed by atoms with Crippen LogP contribution in [0.15, 0.2) is 42.5 Å². The van der Waals surface area contributed by atoms with Crippen LogP contribution in [0.1, 0.15) is 34.5 Å². The van der Waals surface area contributed by atoms with Crippen LogP contribution in [0.4, 0.5) is 9.59 Å². The lowest BCUT2D eigenvalue weighted by Gasteiger charge is -2.31. The number of carbonyl (C=O) groups is 3. The lowest BCUT2D eigenvalue weighted by Crippen LogP contribution is -2.51. The molecular weight excluding hydrogens is 444 g/mol. The molecule has 0 fully saturated rings. The van der Waals surface area contributed by atoms with Gasteiger partial charge < -0.3 is 19.3 Å². The van der Waals surface area contributed by atoms with Gasteiger partial charge in [0.05, 0.1) is 7.11 Å². The number of esters is 1. The van der Waals surface area contributed by atoms with Gasteiger partial charge in [-0.15, -0.1) is 0 Å². The number of nitrogens with one attached hydrogen (secondary N) is 2. The number of hydrogen-bond donors (Lipinski definition) is 5. The molecule has 12 heteroatoms. The zero-order valence-electron chi connectivity index (χ0n) is 16.8. The second kappa shape index (κ2) is 9.40. The minimum Gasteiger partial charge on any atom is -0.467 e. The Labute approximate surface area is 187 Å². The Balaban J connectivity index is 2.25. The van der Waals surface area contributed by atoms with Crippen molar-refractivity contribution in [3.63, 3.8) is 0 Å². The molecule has 0 radical (unpaired) electrons. The Morgan fingerprint density at radius 3 is 2.19 bits per heavy atom. The van der Waals surface area contributed by atoms with Crippen LogP contribution in [-0.4, -0.2) is 36.0 Å². The molecule has 7 N–H and O–H groups in total. The Kier molecular flexibility index (Phi) is 6.84. The monoisotopic (exact) mass is 464 g/mol. The summed E-state index contributed by atoms with van der Waals surface area (Å²) in [4.78, 5) is 36.7. The first-order chi connectivity index (χ1) is 15.3. The van der Waals surface area contributed by atoms with Crippen LogP contribution in [0, 0.1) is 0 Å². The van der Waals surface area contributed by atoms with Gasteiger partial charge in [0.15, 0.2) is 12.2 Å². The van der Waals surface area contributed by atoms with Crippen LogP contribution >= 0.6 is 11.6 Å². The molecule has 32 heavy (non-hydrogen) atoms. The van der Waals surface area contributed by atoms with Gasteiger partial charge in [0.2, 0.25) is 5.60 Å². The highest BCUT2D eigenvalue weighted by Crippen LogP contribution is 2.53. The number of hydrazine groups is 2. The average molecular weight is 465 g/mol. The van der Waals surface area contributed by atoms with Gasteiger partial charge in [-0.1, -0.05) is 48.0 Å². The van der Waals surface area contributed by atoms with Crippen LogP contribution in [-0.2, 0) is 25.4 Å². The highest BCUT2D eigenvalue weighted by atomic mass is 35.5. The molecule has 3 unspecified atom stereocenters. The number of carbonyl (C=O) groups excluding carboxylic acids is 3. The SMILES string of the molecule is COC(=O)C1(O)C(OC(=O)NN)c2ccc(Cl)c(Cc3ccccc3)c2C1OC(=O)NN. The quantitative estimate of drug-likeness (QED) is 0.143. The zero-order chi connectivity index (χ0) is 23.5. The van der Waals surface area contributed by atoms with Gasteiger partial charge in [-0.2, -0.15) is 0 Å². The van der Waals surface area contributed by atoms with Crippen molar-refractivity contribution in [2.24, 2.45) is 11.7 Å². The van der Waals surface area contributed by atoms with E-state index in [1.165, 1.54) is 12.1 Å². The molecule has 3 rings (SSSR count). The zero-order valence-corrected chi connectivity index (χ0v) is 17.6. The van der Waals surface area contributed by atoms with E-state index < -0.39 is 36.0 Å². The molecule has 0 heterocycles. The van der Waals surface area contributed by atoms with Gasteiger partial charge in [-0.25, -0.2) is 26.1 Å². The van der Waals surface area contributed by atoms with Gasteiger partial charge in [0.1, 0.15) is 0 Å². The summed E-state index contributed by atoms with van der Waals surface area (Å²) in [5, 5.41) is 11.7. The smallest absolute Gasteiger partial charge is 0.422 e. The molecule has 3 atom stereocenters. The third-order valence-electron chi connectivity index (χ3n) is 5.10. The van der Waals surface area contributed by atoms with Gasteiger partial charge >= 0.3 is 18.2 Å². The van der Waals surface area contributed by atoms with Crippen molar-refractivity contribution < 1.29 is 33.7 Å². The van der Waals surface area contributed by atoms with Crippen molar-refractivity contribution >= 4 is 29.8 Å². The predicted octanol–water partition coefficient (Wildman–Crippen LogP) is 1.13. The summed E-state index contributed by atoms with van der Waals surface area (Å²) < 4.78 is 15.2. The number of hydrogen-bond acceptors (Lipinski definition) is 9. The molecule has 0 spiro atoms. The standard InChI is InChI=1S/C20H21ClN4O7/c1-30-17(26)20(29)15(31-18(27)24-22)11-7-8-13(21)12(9-10-5-3-2-4-6-10)14(11)16(20)32-19(28)25-23/h2-8,15-16,29H,9,22-23H2,1H3,(H,24,27)(H,25,28). The van der Waals surface area contributed by atoms with E-state index in [9.17, 15) is 19.5 Å². The fourth-order valence-corrected chi connectivity index (χ4v) is 3.96. The predicted molar refractivity (Wildman–Crippen MR) is 111 cm³/mol. The maximum atomic E-state index is 12.7. The minimum absolute atomic E-state index is 0.173. The number of amides is 2. The summed E-state index contributed by atoms with van der Waals surface area (Å²) in [6, 6.07) is 12.1. The second-order valence-electron chi connectivity index (χ2n) is 6.87. The van der Waals surface area contributed by atoms with Crippen LogP contribution in [0.25, 0.3) is 0 Å². The summed E-state index contributed by atoms with van der Waals surface area (Å²) in [6.45, 7) is 0. The van der Waals surface area contributed by atoms with Crippen molar-refractivity contribution in [1.82, 2.24) is 10.9 Å². The van der Waals surface area contributed by atoms with Crippen molar-refractivity contribution in [3.05, 3.63) is 69.7 Å². The summed E-state index contributed by atoms with van der Waals surface area (Å²) in [5.74, 6) is 9.02. The Hall–Kier alpha value is -3.38. The number of halogens is 1. The van der Waals surface area contributed by atoms with E-state index >= 15 is 0 Å². The van der Waals surface area contributed by atoms with Gasteiger partial charge in [-0.05, 0) is 23.6 Å². The minimum atomic E-state index is -2.66. The fraction of sp³-hybridized carbons (Fsp3) is 0.250. The molecule has 11 nitrogen and oxygen atoms in total. The van der Waals surface area contributed by atoms with E-state index in [0.29, 0.717) is 5.56 Å². The number of rotatable bonds is 5. The number of aliphatic hydroxyl groups is 1. The molecule has 2 amide bonds. The Morgan fingerprint density at radius 1 is 1.03 bits per heavy atom. The molecule has 0 aliphatic heterocycles. The molecule has 2 aromatic carbocycles. The van der Waals surface area contributed by atoms with E-state index in [-0.39, 0.29) is 22.6 Å². The number of methoxy groups -OCH3 is 1. The second-order valence-corrected chi connectivity index (χ2v) is 7.27. The topological polar surface area (TPSA) is 175 Å². The van der Waals surface area contributed by atoms with Crippen LogP contribution in [0.5, 0.6) is 0 Å². The van der Waals surface area contributed by atoms with E-state index in [2.05, 4.69) is 0 Å². The molecule has 170 valence electrons. The average Bonchev–Trinajstić information content (AvgIpc) is 3.04. The lowest BCUT2D eigenvalue weighted by atomic mass is 9.92. The number of fused-ring (bicyclic) bond motifs is 1. The first-order valence-corrected chi connectivity index (χ1v) is 9.66. The van der Waals surface area contributed by atoms with Gasteiger partial charge in [0, 0.05) is 16.1 Å². The molecule has 1 aliphatic carbocycles. The highest BCUT2D eigenvalue weighted by Gasteiger charge is 2.64. The molecule has 0 saturated carbocycles. The summed E-state index contributed by atoms with van der Waals surface area (Å²) in [6.07, 6.45) is -5.37. The normalized spacial score (nSPS) is 21.3. The molecule has 0 bridgehead atoms. The van der Waals surface area contributed by atoms with E-state index in [4.69, 9.17) is 37.5 Å². The van der Waals surface area contributed by atoms with Crippen molar-refractivity contribution in [2.75, 3.05) is 7.11 Å². The third-order valence-corrected chi connectivity index (χ3v) is 5.45. The lowest BCUT2D eigenvalue weighted by molar-refractivity contribution is -0.191. The maximum Gasteiger partial charge on any atom is 0.422 e. The highest BCUT2D eigenvalue weighted by molar-refractivity contribution is 6.31. The first kappa shape index (κ1) is 23.3. The number of nitrogens with two attached hydrogens (primary N) is 2. The summed E-state index contributed by atoms with van der Waals surface area (Å²) in [5.41, 5.74) is 2.50. The van der Waals surface area contributed by atoms with Gasteiger partial charge in [0.25, 0.3) is 0 Å². The molecular formula is C20H21ClN4O7. The summed E-state index contributed by atoms with van der Waals surface area (Å²) >= 11 is 6.46. The maximum absolute atomic E-state index is 12.7. The van der Waals surface area contributed by atoms with Crippen molar-refractivity contribution in [3.8, 4) is 0 Å². The molecule has 1 aliphatic rings. The summed E-state index contributed by atoms with van der Waals surface area (Å²) in [7, 11) is 1.02. The molecule has 2 aromatic rings. The fourth-order valence-electron chi connectivity index (χ4n) is 3.73. The van der Waals surface area contributed by atoms with Gasteiger partial charge in [-0.3, -0.25) is 10.9 Å². The Bertz CT molecular complexity index is 1040. The third kappa shape index (κ3) is 4.06. The van der Waals surface area contributed by atoms with Crippen LogP contribution in [0.2, 0.25) is 5.02 Å². The van der Waals surface area contributed by atoms with E-state index in [1.54, 1.807) is 10.9 Å². The van der Waals surface area contributed by atoms with Crippen molar-refractivity contribution in [1.29, 1.82) is 0 Å². The van der Waals surface area contributed by atoms with Crippen LogP contribution < -0.4 is 22.5 Å². The number of ether oxygens (including phenoxy) is 3. The first-order valence-electron chi connectivity index (χ1n) is 9.28. The largest absolute Gasteiger partial charge is 0.467 e. The number of benzene rings is 2. The molecule has 0 saturated heterocycles. The van der Waals surface area contributed by atoms with Crippen LogP contribution in [0.3, 0.4) is 0 Å².